The van der Waals surface area contributed by atoms with Crippen molar-refractivity contribution in [3.05, 3.63) is 41.5 Å². The van der Waals surface area contributed by atoms with Gasteiger partial charge in [-0.15, -0.1) is 0 Å². The van der Waals surface area contributed by atoms with E-state index in [1.165, 1.54) is 0 Å². The van der Waals surface area contributed by atoms with Crippen LogP contribution in [-0.4, -0.2) is 40.6 Å². The molecule has 0 saturated heterocycles. The number of ether oxygens (including phenoxy) is 5. The predicted molar refractivity (Wildman–Crippen MR) is 99.1 cm³/mol. The van der Waals surface area contributed by atoms with Gasteiger partial charge in [0, 0.05) is 6.54 Å². The van der Waals surface area contributed by atoms with E-state index in [4.69, 9.17) is 23.7 Å². The molecule has 144 valence electrons. The molecule has 2 aromatic carbocycles. The molecule has 0 atom stereocenters. The molecule has 0 aromatic heterocycles. The van der Waals surface area contributed by atoms with Gasteiger partial charge >= 0.3 is 0 Å². The Hall–Kier alpha value is -3.09. The molecule has 27 heavy (non-hydrogen) atoms. The number of hydrogen-bond acceptors (Lipinski definition) is 6. The maximum Gasteiger partial charge on any atom is 0.231 e. The van der Waals surface area contributed by atoms with Gasteiger partial charge in [-0.3, -0.25) is 4.79 Å². The molecule has 2 aromatic rings. The van der Waals surface area contributed by atoms with Crippen LogP contribution in [0.3, 0.4) is 0 Å². The van der Waals surface area contributed by atoms with Gasteiger partial charge in [0.2, 0.25) is 18.4 Å². The lowest BCUT2D eigenvalue weighted by Crippen LogP contribution is -2.27. The normalized spacial score (nSPS) is 11.8. The summed E-state index contributed by atoms with van der Waals surface area (Å²) in [6.07, 6.45) is 0.926. The van der Waals surface area contributed by atoms with Crippen molar-refractivity contribution in [2.45, 2.75) is 12.8 Å². The lowest BCUT2D eigenvalue weighted by molar-refractivity contribution is -0.120. The average molecular weight is 373 g/mol. The van der Waals surface area contributed by atoms with E-state index in [2.05, 4.69) is 5.32 Å². The topological polar surface area (TPSA) is 75.3 Å². The number of benzene rings is 2. The lowest BCUT2D eigenvalue weighted by Gasteiger charge is -2.14. The molecule has 1 aliphatic rings. The molecule has 7 heteroatoms. The average Bonchev–Trinajstić information content (AvgIpc) is 3.15. The zero-order valence-corrected chi connectivity index (χ0v) is 15.7. The van der Waals surface area contributed by atoms with E-state index in [9.17, 15) is 4.79 Å². The molecule has 1 aliphatic heterocycles. The highest BCUT2D eigenvalue weighted by Crippen LogP contribution is 2.38. The molecule has 0 fully saturated rings. The minimum atomic E-state index is -0.0787. The summed E-state index contributed by atoms with van der Waals surface area (Å²) in [5, 5.41) is 2.93. The third kappa shape index (κ3) is 4.36. The SMILES string of the molecule is COc1cc(CC(=O)NCCc2ccc3c(c2)OCO3)cc(OC)c1OC. The number of carbonyl (C=O) groups excluding carboxylic acids is 1. The number of methoxy groups -OCH3 is 3. The first-order valence-electron chi connectivity index (χ1n) is 8.58. The molecule has 0 spiro atoms. The molecule has 1 amide bonds. The van der Waals surface area contributed by atoms with E-state index >= 15 is 0 Å². The minimum Gasteiger partial charge on any atom is -0.493 e. The van der Waals surface area contributed by atoms with Crippen LogP contribution in [0.25, 0.3) is 0 Å². The Morgan fingerprint density at radius 2 is 1.67 bits per heavy atom. The first kappa shape index (κ1) is 18.7. The van der Waals surface area contributed by atoms with Gasteiger partial charge in [0.05, 0.1) is 27.8 Å². The number of rotatable bonds is 8. The molecule has 1 heterocycles. The van der Waals surface area contributed by atoms with Gasteiger partial charge in [0.25, 0.3) is 0 Å². The van der Waals surface area contributed by atoms with Gasteiger partial charge < -0.3 is 29.0 Å². The van der Waals surface area contributed by atoms with Crippen LogP contribution in [-0.2, 0) is 17.6 Å². The van der Waals surface area contributed by atoms with Gasteiger partial charge in [0.1, 0.15) is 0 Å². The maximum atomic E-state index is 12.3. The largest absolute Gasteiger partial charge is 0.493 e. The molecular weight excluding hydrogens is 350 g/mol. The van der Waals surface area contributed by atoms with E-state index in [0.29, 0.717) is 30.2 Å². The summed E-state index contributed by atoms with van der Waals surface area (Å²) in [6, 6.07) is 9.35. The highest BCUT2D eigenvalue weighted by atomic mass is 16.7. The Bertz CT molecular complexity index is 795. The zero-order chi connectivity index (χ0) is 19.2. The summed E-state index contributed by atoms with van der Waals surface area (Å²) in [6.45, 7) is 0.785. The molecule has 1 N–H and O–H groups in total. The Labute approximate surface area is 158 Å². The van der Waals surface area contributed by atoms with Gasteiger partial charge in [0.15, 0.2) is 23.0 Å². The maximum absolute atomic E-state index is 12.3. The van der Waals surface area contributed by atoms with Crippen molar-refractivity contribution < 1.29 is 28.5 Å². The van der Waals surface area contributed by atoms with E-state index in [-0.39, 0.29) is 19.1 Å². The third-order valence-electron chi connectivity index (χ3n) is 4.26. The molecule has 0 unspecified atom stereocenters. The second-order valence-electron chi connectivity index (χ2n) is 6.00. The fraction of sp³-hybridized carbons (Fsp3) is 0.350. The summed E-state index contributed by atoms with van der Waals surface area (Å²) in [5.74, 6) is 2.98. The number of carbonyl (C=O) groups is 1. The number of fused-ring (bicyclic) bond motifs is 1. The van der Waals surface area contributed by atoms with Crippen molar-refractivity contribution in [1.82, 2.24) is 5.32 Å². The van der Waals surface area contributed by atoms with E-state index in [1.807, 2.05) is 18.2 Å². The fourth-order valence-corrected chi connectivity index (χ4v) is 2.93. The summed E-state index contributed by atoms with van der Waals surface area (Å²) in [7, 11) is 4.64. The minimum absolute atomic E-state index is 0.0787. The van der Waals surface area contributed by atoms with Crippen LogP contribution >= 0.6 is 0 Å². The van der Waals surface area contributed by atoms with Crippen molar-refractivity contribution in [1.29, 1.82) is 0 Å². The third-order valence-corrected chi connectivity index (χ3v) is 4.26. The molecule has 0 radical (unpaired) electrons. The summed E-state index contributed by atoms with van der Waals surface area (Å²) < 4.78 is 26.6. The fourth-order valence-electron chi connectivity index (χ4n) is 2.93. The predicted octanol–water partition coefficient (Wildman–Crippen LogP) is 2.34. The number of amides is 1. The second-order valence-corrected chi connectivity index (χ2v) is 6.00. The Morgan fingerprint density at radius 1 is 0.963 bits per heavy atom. The smallest absolute Gasteiger partial charge is 0.231 e. The van der Waals surface area contributed by atoms with Gasteiger partial charge in [-0.25, -0.2) is 0 Å². The molecule has 7 nitrogen and oxygen atoms in total. The zero-order valence-electron chi connectivity index (χ0n) is 15.7. The van der Waals surface area contributed by atoms with Gasteiger partial charge in [-0.2, -0.15) is 0 Å². The van der Waals surface area contributed by atoms with Crippen molar-refractivity contribution in [2.24, 2.45) is 0 Å². The molecule has 3 rings (SSSR count). The van der Waals surface area contributed by atoms with Crippen LogP contribution < -0.4 is 29.0 Å². The molecule has 0 bridgehead atoms. The van der Waals surface area contributed by atoms with Crippen LogP contribution in [0.15, 0.2) is 30.3 Å². The van der Waals surface area contributed by atoms with E-state index < -0.39 is 0 Å². The number of nitrogens with one attached hydrogen (secondary N) is 1. The van der Waals surface area contributed by atoms with E-state index in [0.717, 1.165) is 22.6 Å². The summed E-state index contributed by atoms with van der Waals surface area (Å²) in [5.41, 5.74) is 1.86. The van der Waals surface area contributed by atoms with Crippen LogP contribution in [0.5, 0.6) is 28.7 Å². The quantitative estimate of drug-likeness (QED) is 0.766. The first-order chi connectivity index (χ1) is 13.1. The van der Waals surface area contributed by atoms with Crippen LogP contribution in [0, 0.1) is 0 Å². The summed E-state index contributed by atoms with van der Waals surface area (Å²) >= 11 is 0. The van der Waals surface area contributed by atoms with Crippen LogP contribution in [0.4, 0.5) is 0 Å². The monoisotopic (exact) mass is 373 g/mol. The van der Waals surface area contributed by atoms with Gasteiger partial charge in [-0.05, 0) is 41.8 Å². The van der Waals surface area contributed by atoms with Crippen LogP contribution in [0.1, 0.15) is 11.1 Å². The van der Waals surface area contributed by atoms with Crippen molar-refractivity contribution in [2.75, 3.05) is 34.7 Å². The summed E-state index contributed by atoms with van der Waals surface area (Å²) in [4.78, 5) is 12.3. The Balaban J connectivity index is 1.56. The second kappa shape index (κ2) is 8.53. The molecule has 0 saturated carbocycles. The Kier molecular flexibility index (Phi) is 5.90. The Morgan fingerprint density at radius 3 is 2.33 bits per heavy atom. The number of hydrogen-bond donors (Lipinski definition) is 1. The first-order valence-corrected chi connectivity index (χ1v) is 8.58. The van der Waals surface area contributed by atoms with Gasteiger partial charge in [-0.1, -0.05) is 6.07 Å². The highest BCUT2D eigenvalue weighted by molar-refractivity contribution is 5.79. The standard InChI is InChI=1S/C20H23NO6/c1-23-17-9-14(10-18(24-2)20(17)25-3)11-19(22)21-7-6-13-4-5-15-16(8-13)27-12-26-15/h4-5,8-10H,6-7,11-12H2,1-3H3,(H,21,22). The van der Waals surface area contributed by atoms with Crippen LogP contribution in [0.2, 0.25) is 0 Å². The van der Waals surface area contributed by atoms with E-state index in [1.54, 1.807) is 33.5 Å². The van der Waals surface area contributed by atoms with Crippen molar-refractivity contribution in [3.8, 4) is 28.7 Å². The molecule has 0 aliphatic carbocycles. The van der Waals surface area contributed by atoms with Crippen molar-refractivity contribution >= 4 is 5.91 Å². The highest BCUT2D eigenvalue weighted by Gasteiger charge is 2.15. The lowest BCUT2D eigenvalue weighted by atomic mass is 10.1. The molecular formula is C20H23NO6. The van der Waals surface area contributed by atoms with Crippen molar-refractivity contribution in [3.63, 3.8) is 0 Å².